The lowest BCUT2D eigenvalue weighted by Gasteiger charge is -2.08. The number of benzene rings is 2. The smallest absolute Gasteiger partial charge is 0.213 e. The first-order valence-electron chi connectivity index (χ1n) is 7.07. The van der Waals surface area contributed by atoms with Crippen LogP contribution in [0, 0.1) is 6.92 Å². The molecule has 0 radical (unpaired) electrons. The van der Waals surface area contributed by atoms with Crippen LogP contribution in [0.3, 0.4) is 0 Å². The third-order valence-electron chi connectivity index (χ3n) is 3.86. The largest absolute Gasteiger partial charge is 1.00 e. The maximum absolute atomic E-state index is 3.50. The lowest BCUT2D eigenvalue weighted by molar-refractivity contribution is -0.666. The number of hydrogen-bond donors (Lipinski definition) is 0. The predicted octanol–water partition coefficient (Wildman–Crippen LogP) is 2.68. The van der Waals surface area contributed by atoms with Gasteiger partial charge in [0.25, 0.3) is 0 Å². The second kappa shape index (κ2) is 7.90. The van der Waals surface area contributed by atoms with Gasteiger partial charge in [0.15, 0.2) is 5.69 Å². The number of aromatic nitrogens is 1. The lowest BCUT2D eigenvalue weighted by atomic mass is 10.0. The summed E-state index contributed by atoms with van der Waals surface area (Å²) in [5.41, 5.74) is 6.13. The fourth-order valence-corrected chi connectivity index (χ4v) is 3.03. The van der Waals surface area contributed by atoms with Crippen LogP contribution < -0.4 is 28.5 Å². The summed E-state index contributed by atoms with van der Waals surface area (Å²) in [7, 11) is 2.11. The molecule has 0 saturated heterocycles. The molecule has 2 aromatic carbocycles. The molecule has 0 saturated carbocycles. The number of rotatable bonds is 2. The molecule has 0 N–H and O–H groups in total. The first-order valence-corrected chi connectivity index (χ1v) is 8.66. The lowest BCUT2D eigenvalue weighted by Crippen LogP contribution is -3.00. The highest BCUT2D eigenvalue weighted by molar-refractivity contribution is 9.10. The molecule has 0 aliphatic carbocycles. The Morgan fingerprint density at radius 2 is 1.17 bits per heavy atom. The molecule has 0 bridgehead atoms. The van der Waals surface area contributed by atoms with E-state index in [1.165, 1.54) is 28.1 Å². The van der Waals surface area contributed by atoms with Gasteiger partial charge in [0.05, 0.1) is 0 Å². The normalized spacial score (nSPS) is 10.3. The highest BCUT2D eigenvalue weighted by Crippen LogP contribution is 2.26. The molecule has 4 heteroatoms. The molecule has 0 unspecified atom stereocenters. The minimum Gasteiger partial charge on any atom is -1.00 e. The average Bonchev–Trinajstić information content (AvgIpc) is 2.52. The zero-order valence-corrected chi connectivity index (χ0v) is 18.2. The van der Waals surface area contributed by atoms with Crippen molar-refractivity contribution in [3.05, 3.63) is 75.3 Å². The molecule has 23 heavy (non-hydrogen) atoms. The van der Waals surface area contributed by atoms with Crippen LogP contribution in [0.5, 0.6) is 0 Å². The topological polar surface area (TPSA) is 3.88 Å². The van der Waals surface area contributed by atoms with Crippen LogP contribution in [0.1, 0.15) is 5.69 Å². The van der Waals surface area contributed by atoms with Crippen molar-refractivity contribution in [3.63, 3.8) is 0 Å². The molecule has 0 aliphatic rings. The Labute approximate surface area is 171 Å². The number of halogens is 3. The Bertz CT molecular complexity index is 812. The molecule has 0 atom stereocenters. The Morgan fingerprint density at radius 3 is 1.70 bits per heavy atom. The minimum absolute atomic E-state index is 0. The van der Waals surface area contributed by atoms with Crippen LogP contribution in [0.15, 0.2) is 69.6 Å². The summed E-state index contributed by atoms with van der Waals surface area (Å²) in [5.74, 6) is 0. The summed E-state index contributed by atoms with van der Waals surface area (Å²) in [6, 6.07) is 21.4. The zero-order valence-electron chi connectivity index (χ0n) is 12.9. The van der Waals surface area contributed by atoms with Crippen LogP contribution in [0.2, 0.25) is 0 Å². The summed E-state index contributed by atoms with van der Waals surface area (Å²) in [4.78, 5) is 0. The molecule has 0 fully saturated rings. The van der Waals surface area contributed by atoms with Gasteiger partial charge in [0.2, 0.25) is 5.69 Å². The summed E-state index contributed by atoms with van der Waals surface area (Å²) < 4.78 is 4.42. The maximum atomic E-state index is 3.50. The fraction of sp³-hybridized carbons (Fsp3) is 0.105. The predicted molar refractivity (Wildman–Crippen MR) is 98.6 cm³/mol. The summed E-state index contributed by atoms with van der Waals surface area (Å²) >= 11 is 6.99. The monoisotopic (exact) mass is 543 g/mol. The van der Waals surface area contributed by atoms with E-state index in [0.717, 1.165) is 8.95 Å². The second-order valence-corrected chi connectivity index (χ2v) is 7.17. The third kappa shape index (κ3) is 4.22. The van der Waals surface area contributed by atoms with Crippen molar-refractivity contribution < 1.29 is 28.5 Å². The summed E-state index contributed by atoms with van der Waals surface area (Å²) in [5, 5.41) is 0. The Hall–Kier alpha value is -0.720. The summed E-state index contributed by atoms with van der Waals surface area (Å²) in [6.07, 6.45) is 0. The van der Waals surface area contributed by atoms with E-state index >= 15 is 0 Å². The fourth-order valence-electron chi connectivity index (χ4n) is 2.50. The van der Waals surface area contributed by atoms with Crippen molar-refractivity contribution in [2.45, 2.75) is 6.92 Å². The number of nitrogens with zero attached hydrogens (tertiary/aromatic N) is 1. The number of pyridine rings is 1. The van der Waals surface area contributed by atoms with Crippen LogP contribution in [-0.2, 0) is 7.05 Å². The average molecular weight is 545 g/mol. The van der Waals surface area contributed by atoms with E-state index in [2.05, 4.69) is 111 Å². The molecule has 3 aromatic rings. The SMILES string of the molecule is Cc1cc(-c2ccc(Br)cc2)cc(-c2ccc(Br)cc2)[n+]1C.[I-]. The van der Waals surface area contributed by atoms with Crippen molar-refractivity contribution >= 4 is 31.9 Å². The van der Waals surface area contributed by atoms with E-state index < -0.39 is 0 Å². The van der Waals surface area contributed by atoms with Crippen LogP contribution in [0.25, 0.3) is 22.4 Å². The molecule has 0 aliphatic heterocycles. The first-order chi connectivity index (χ1) is 10.5. The van der Waals surface area contributed by atoms with E-state index in [0.29, 0.717) is 0 Å². The quantitative estimate of drug-likeness (QED) is 0.345. The van der Waals surface area contributed by atoms with Crippen molar-refractivity contribution in [2.24, 2.45) is 7.05 Å². The van der Waals surface area contributed by atoms with Gasteiger partial charge in [-0.1, -0.05) is 44.0 Å². The molecule has 118 valence electrons. The Kier molecular flexibility index (Phi) is 6.40. The van der Waals surface area contributed by atoms with Crippen molar-refractivity contribution in [3.8, 4) is 22.4 Å². The Morgan fingerprint density at radius 1 is 0.696 bits per heavy atom. The van der Waals surface area contributed by atoms with Crippen LogP contribution in [-0.4, -0.2) is 0 Å². The van der Waals surface area contributed by atoms with Gasteiger partial charge in [-0.25, -0.2) is 0 Å². The molecular weight excluding hydrogens is 529 g/mol. The van der Waals surface area contributed by atoms with Gasteiger partial charge in [0, 0.05) is 33.6 Å². The van der Waals surface area contributed by atoms with E-state index in [4.69, 9.17) is 0 Å². The van der Waals surface area contributed by atoms with Crippen molar-refractivity contribution in [1.82, 2.24) is 0 Å². The number of aryl methyl sites for hydroxylation is 1. The van der Waals surface area contributed by atoms with E-state index in [1.54, 1.807) is 0 Å². The molecule has 1 aromatic heterocycles. The van der Waals surface area contributed by atoms with Crippen LogP contribution >= 0.6 is 31.9 Å². The molecule has 1 nitrogen and oxygen atoms in total. The molecule has 3 rings (SSSR count). The van der Waals surface area contributed by atoms with Crippen molar-refractivity contribution in [1.29, 1.82) is 0 Å². The van der Waals surface area contributed by atoms with Crippen LogP contribution in [0.4, 0.5) is 0 Å². The van der Waals surface area contributed by atoms with E-state index in [9.17, 15) is 0 Å². The highest BCUT2D eigenvalue weighted by atomic mass is 127. The zero-order chi connectivity index (χ0) is 15.7. The highest BCUT2D eigenvalue weighted by Gasteiger charge is 2.15. The van der Waals surface area contributed by atoms with Crippen molar-refractivity contribution in [2.75, 3.05) is 0 Å². The third-order valence-corrected chi connectivity index (χ3v) is 4.92. The van der Waals surface area contributed by atoms with Gasteiger partial charge in [-0.2, -0.15) is 4.57 Å². The first kappa shape index (κ1) is 18.6. The van der Waals surface area contributed by atoms with Gasteiger partial charge in [0.1, 0.15) is 7.05 Å². The molecule has 1 heterocycles. The standard InChI is InChI=1S/C19H16Br2N.HI/c1-13-11-16(14-3-7-17(20)8-4-14)12-19(22(13)2)15-5-9-18(21)10-6-15;/h3-12H,1-2H3;1H/q+1;/p-1. The second-order valence-electron chi connectivity index (χ2n) is 5.34. The van der Waals surface area contributed by atoms with E-state index in [-0.39, 0.29) is 24.0 Å². The van der Waals surface area contributed by atoms with Gasteiger partial charge in [-0.05, 0) is 47.5 Å². The van der Waals surface area contributed by atoms with Gasteiger partial charge in [-0.15, -0.1) is 0 Å². The number of hydrogen-bond acceptors (Lipinski definition) is 0. The van der Waals surface area contributed by atoms with E-state index in [1.807, 2.05) is 0 Å². The van der Waals surface area contributed by atoms with Gasteiger partial charge >= 0.3 is 0 Å². The molecule has 0 spiro atoms. The maximum Gasteiger partial charge on any atom is 0.213 e. The minimum atomic E-state index is 0. The van der Waals surface area contributed by atoms with Gasteiger partial charge in [-0.3, -0.25) is 0 Å². The summed E-state index contributed by atoms with van der Waals surface area (Å²) in [6.45, 7) is 2.14. The molecule has 0 amide bonds. The Balaban J connectivity index is 0.00000192. The van der Waals surface area contributed by atoms with Gasteiger partial charge < -0.3 is 24.0 Å². The molecular formula is C19H16Br2IN.